The van der Waals surface area contributed by atoms with Crippen LogP contribution in [0.4, 0.5) is 5.69 Å². The summed E-state index contributed by atoms with van der Waals surface area (Å²) in [7, 11) is 2.69. The smallest absolute Gasteiger partial charge is 0.325 e. The van der Waals surface area contributed by atoms with Crippen LogP contribution >= 0.6 is 0 Å². The number of ether oxygens (including phenoxy) is 1. The Kier molecular flexibility index (Phi) is 5.40. The lowest BCUT2D eigenvalue weighted by Crippen LogP contribution is -2.31. The summed E-state index contributed by atoms with van der Waals surface area (Å²) in [5.74, 6) is -0.925. The second kappa shape index (κ2) is 7.03. The fraction of sp³-hybridized carbons (Fsp3) is 0.231. The molecular weight excluding hydrogens is 264 g/mol. The lowest BCUT2D eigenvalue weighted by atomic mass is 10.2. The van der Waals surface area contributed by atoms with Crippen LogP contribution in [0.3, 0.4) is 0 Å². The number of benzene rings is 1. The Morgan fingerprint density at radius 1 is 1.45 bits per heavy atom. The lowest BCUT2D eigenvalue weighted by Gasteiger charge is -2.12. The number of hydrogen-bond donors (Lipinski definition) is 0. The maximum atomic E-state index is 11.7. The highest BCUT2D eigenvalue weighted by molar-refractivity contribution is 5.93. The molecule has 0 N–H and O–H groups in total. The zero-order valence-corrected chi connectivity index (χ0v) is 11.1. The van der Waals surface area contributed by atoms with Crippen LogP contribution in [-0.4, -0.2) is 42.4 Å². The van der Waals surface area contributed by atoms with Crippen molar-refractivity contribution in [1.29, 1.82) is 0 Å². The molecule has 7 heteroatoms. The number of carbonyl (C=O) groups is 2. The molecule has 0 aliphatic rings. The SMILES string of the molecule is COC(=O)CN(C)C(=O)C=Cc1cccc([N+](=O)[O-])c1. The summed E-state index contributed by atoms with van der Waals surface area (Å²) in [6.45, 7) is -0.158. The van der Waals surface area contributed by atoms with E-state index in [-0.39, 0.29) is 12.2 Å². The first kappa shape index (κ1) is 15.4. The molecule has 1 rings (SSSR count). The molecule has 20 heavy (non-hydrogen) atoms. The van der Waals surface area contributed by atoms with Crippen LogP contribution in [-0.2, 0) is 14.3 Å². The minimum absolute atomic E-state index is 0.0532. The number of esters is 1. The number of non-ortho nitro benzene ring substituents is 1. The van der Waals surface area contributed by atoms with E-state index in [1.54, 1.807) is 6.07 Å². The number of nitrogens with zero attached hydrogens (tertiary/aromatic N) is 2. The van der Waals surface area contributed by atoms with Crippen molar-refractivity contribution >= 4 is 23.6 Å². The molecule has 0 unspecified atom stereocenters. The highest BCUT2D eigenvalue weighted by Crippen LogP contribution is 2.14. The number of nitro groups is 1. The molecule has 1 aromatic carbocycles. The van der Waals surface area contributed by atoms with Gasteiger partial charge in [0.15, 0.2) is 0 Å². The molecule has 0 fully saturated rings. The quantitative estimate of drug-likeness (QED) is 0.350. The summed E-state index contributed by atoms with van der Waals surface area (Å²) < 4.78 is 4.44. The summed E-state index contributed by atoms with van der Waals surface area (Å²) in [5.41, 5.74) is 0.474. The van der Waals surface area contributed by atoms with E-state index in [4.69, 9.17) is 0 Å². The Hall–Kier alpha value is -2.70. The van der Waals surface area contributed by atoms with Crippen LogP contribution < -0.4 is 0 Å². The summed E-state index contributed by atoms with van der Waals surface area (Å²) >= 11 is 0. The van der Waals surface area contributed by atoms with Crippen molar-refractivity contribution in [2.75, 3.05) is 20.7 Å². The predicted molar refractivity (Wildman–Crippen MR) is 71.8 cm³/mol. The Labute approximate surface area is 115 Å². The van der Waals surface area contributed by atoms with Crippen molar-refractivity contribution in [1.82, 2.24) is 4.90 Å². The third-order valence-corrected chi connectivity index (χ3v) is 2.47. The molecule has 0 aliphatic heterocycles. The van der Waals surface area contributed by atoms with Crippen molar-refractivity contribution in [3.63, 3.8) is 0 Å². The van der Waals surface area contributed by atoms with E-state index in [0.717, 1.165) is 0 Å². The average Bonchev–Trinajstić information content (AvgIpc) is 2.44. The predicted octanol–water partition coefficient (Wildman–Crippen LogP) is 1.24. The number of methoxy groups -OCH3 is 1. The molecule has 0 aromatic heterocycles. The van der Waals surface area contributed by atoms with Gasteiger partial charge >= 0.3 is 5.97 Å². The van der Waals surface area contributed by atoms with E-state index < -0.39 is 16.8 Å². The fourth-order valence-electron chi connectivity index (χ4n) is 1.37. The molecule has 1 amide bonds. The zero-order valence-electron chi connectivity index (χ0n) is 11.1. The Bertz CT molecular complexity index is 553. The van der Waals surface area contributed by atoms with Gasteiger partial charge in [0.05, 0.1) is 12.0 Å². The van der Waals surface area contributed by atoms with E-state index in [0.29, 0.717) is 5.56 Å². The van der Waals surface area contributed by atoms with Gasteiger partial charge in [0.1, 0.15) is 6.54 Å². The van der Waals surface area contributed by atoms with Gasteiger partial charge in [-0.1, -0.05) is 12.1 Å². The van der Waals surface area contributed by atoms with Crippen LogP contribution in [0.1, 0.15) is 5.56 Å². The Morgan fingerprint density at radius 3 is 2.75 bits per heavy atom. The standard InChI is InChI=1S/C13H14N2O5/c1-14(9-13(17)20-2)12(16)7-6-10-4-3-5-11(8-10)15(18)19/h3-8H,9H2,1-2H3. The number of carbonyl (C=O) groups excluding carboxylic acids is 2. The molecule has 0 atom stereocenters. The highest BCUT2D eigenvalue weighted by Gasteiger charge is 2.10. The minimum atomic E-state index is -0.524. The normalized spacial score (nSPS) is 10.3. The maximum Gasteiger partial charge on any atom is 0.325 e. The van der Waals surface area contributed by atoms with Crippen molar-refractivity contribution in [2.45, 2.75) is 0 Å². The topological polar surface area (TPSA) is 89.8 Å². The number of rotatable bonds is 5. The third-order valence-electron chi connectivity index (χ3n) is 2.47. The van der Waals surface area contributed by atoms with E-state index in [1.165, 1.54) is 49.4 Å². The first-order valence-electron chi connectivity index (χ1n) is 5.68. The second-order valence-electron chi connectivity index (χ2n) is 3.96. The maximum absolute atomic E-state index is 11.7. The molecular formula is C13H14N2O5. The number of hydrogen-bond acceptors (Lipinski definition) is 5. The molecule has 0 saturated heterocycles. The molecule has 0 spiro atoms. The van der Waals surface area contributed by atoms with Crippen molar-refractivity contribution in [3.8, 4) is 0 Å². The Balaban J connectivity index is 2.72. The van der Waals surface area contributed by atoms with Gasteiger partial charge in [0, 0.05) is 25.3 Å². The summed E-state index contributed by atoms with van der Waals surface area (Å²) in [4.78, 5) is 34.0. The van der Waals surface area contributed by atoms with Crippen molar-refractivity contribution < 1.29 is 19.2 Å². The molecule has 0 aliphatic carbocycles. The van der Waals surface area contributed by atoms with E-state index >= 15 is 0 Å². The lowest BCUT2D eigenvalue weighted by molar-refractivity contribution is -0.384. The molecule has 0 radical (unpaired) electrons. The Morgan fingerprint density at radius 2 is 2.15 bits per heavy atom. The molecule has 106 valence electrons. The van der Waals surface area contributed by atoms with Crippen LogP contribution in [0.5, 0.6) is 0 Å². The minimum Gasteiger partial charge on any atom is -0.468 e. The van der Waals surface area contributed by atoms with E-state index in [1.807, 2.05) is 0 Å². The van der Waals surface area contributed by atoms with Crippen LogP contribution in [0, 0.1) is 10.1 Å². The van der Waals surface area contributed by atoms with Crippen LogP contribution in [0.2, 0.25) is 0 Å². The van der Waals surface area contributed by atoms with Gasteiger partial charge in [-0.15, -0.1) is 0 Å². The highest BCUT2D eigenvalue weighted by atomic mass is 16.6. The first-order chi connectivity index (χ1) is 9.43. The second-order valence-corrected chi connectivity index (χ2v) is 3.96. The summed E-state index contributed by atoms with van der Waals surface area (Å²) in [5, 5.41) is 10.6. The van der Waals surface area contributed by atoms with Gasteiger partial charge in [-0.3, -0.25) is 19.7 Å². The molecule has 1 aromatic rings. The summed E-state index contributed by atoms with van der Waals surface area (Å²) in [6, 6.07) is 5.88. The van der Waals surface area contributed by atoms with Crippen LogP contribution in [0.15, 0.2) is 30.3 Å². The molecule has 7 nitrogen and oxygen atoms in total. The van der Waals surface area contributed by atoms with Crippen molar-refractivity contribution in [2.24, 2.45) is 0 Å². The van der Waals surface area contributed by atoms with E-state index in [2.05, 4.69) is 4.74 Å². The fourth-order valence-corrected chi connectivity index (χ4v) is 1.37. The third kappa shape index (κ3) is 4.52. The van der Waals surface area contributed by atoms with Gasteiger partial charge in [0.25, 0.3) is 5.69 Å². The van der Waals surface area contributed by atoms with Gasteiger partial charge in [-0.05, 0) is 11.6 Å². The van der Waals surface area contributed by atoms with Crippen molar-refractivity contribution in [3.05, 3.63) is 46.0 Å². The zero-order chi connectivity index (χ0) is 15.1. The first-order valence-corrected chi connectivity index (χ1v) is 5.68. The largest absolute Gasteiger partial charge is 0.468 e. The van der Waals surface area contributed by atoms with Gasteiger partial charge in [0.2, 0.25) is 5.91 Å². The van der Waals surface area contributed by atoms with Gasteiger partial charge in [-0.25, -0.2) is 0 Å². The van der Waals surface area contributed by atoms with Gasteiger partial charge in [-0.2, -0.15) is 0 Å². The van der Waals surface area contributed by atoms with Crippen LogP contribution in [0.25, 0.3) is 6.08 Å². The molecule has 0 heterocycles. The molecule has 0 saturated carbocycles. The average molecular weight is 278 g/mol. The number of amides is 1. The molecule has 0 bridgehead atoms. The van der Waals surface area contributed by atoms with Gasteiger partial charge < -0.3 is 9.64 Å². The summed E-state index contributed by atoms with van der Waals surface area (Å²) in [6.07, 6.45) is 2.69. The number of nitro benzene ring substituents is 1. The monoisotopic (exact) mass is 278 g/mol. The van der Waals surface area contributed by atoms with E-state index in [9.17, 15) is 19.7 Å². The number of likely N-dealkylation sites (N-methyl/N-ethyl adjacent to an activating group) is 1.